The third kappa shape index (κ3) is 1.46. The molecule has 2 aromatic rings. The van der Waals surface area contributed by atoms with E-state index >= 15 is 0 Å². The molecular formula is C10H12N4O2. The van der Waals surface area contributed by atoms with Gasteiger partial charge in [-0.05, 0) is 19.8 Å². The minimum Gasteiger partial charge on any atom is -0.464 e. The summed E-state index contributed by atoms with van der Waals surface area (Å²) in [5, 5.41) is 2.76. The summed E-state index contributed by atoms with van der Waals surface area (Å²) in [6, 6.07) is 1.90. The van der Waals surface area contributed by atoms with Gasteiger partial charge in [-0.15, -0.1) is 0 Å². The van der Waals surface area contributed by atoms with E-state index in [1.165, 1.54) is 4.52 Å². The monoisotopic (exact) mass is 220 g/mol. The Bertz CT molecular complexity index is 582. The van der Waals surface area contributed by atoms with Crippen molar-refractivity contribution in [2.45, 2.75) is 25.7 Å². The second-order valence-electron chi connectivity index (χ2n) is 3.89. The van der Waals surface area contributed by atoms with Crippen LogP contribution in [-0.4, -0.2) is 26.2 Å². The Kier molecular flexibility index (Phi) is 1.95. The first-order valence-corrected chi connectivity index (χ1v) is 5.40. The van der Waals surface area contributed by atoms with Crippen LogP contribution >= 0.6 is 0 Å². The lowest BCUT2D eigenvalue weighted by Gasteiger charge is -1.95. The molecule has 84 valence electrons. The van der Waals surface area contributed by atoms with E-state index in [2.05, 4.69) is 15.1 Å². The van der Waals surface area contributed by atoms with E-state index in [-0.39, 0.29) is 5.56 Å². The maximum Gasteiger partial charge on any atom is 0.312 e. The number of aromatic amines is 1. The Morgan fingerprint density at radius 2 is 2.38 bits per heavy atom. The van der Waals surface area contributed by atoms with Gasteiger partial charge in [0.05, 0.1) is 12.3 Å². The molecule has 0 aliphatic heterocycles. The molecule has 0 saturated heterocycles. The largest absolute Gasteiger partial charge is 0.464 e. The average molecular weight is 220 g/mol. The van der Waals surface area contributed by atoms with Crippen molar-refractivity contribution >= 4 is 5.78 Å². The van der Waals surface area contributed by atoms with E-state index in [9.17, 15) is 4.79 Å². The van der Waals surface area contributed by atoms with Gasteiger partial charge in [-0.1, -0.05) is 0 Å². The Hall–Kier alpha value is -1.85. The molecule has 1 N–H and O–H groups in total. The molecule has 2 heterocycles. The van der Waals surface area contributed by atoms with E-state index in [1.54, 1.807) is 6.07 Å². The maximum absolute atomic E-state index is 11.7. The zero-order valence-corrected chi connectivity index (χ0v) is 8.93. The quantitative estimate of drug-likeness (QED) is 0.826. The predicted molar refractivity (Wildman–Crippen MR) is 56.8 cm³/mol. The Balaban J connectivity index is 2.13. The fraction of sp³-hybridized carbons (Fsp3) is 0.500. The zero-order valence-electron chi connectivity index (χ0n) is 8.93. The van der Waals surface area contributed by atoms with Crippen molar-refractivity contribution < 1.29 is 4.74 Å². The lowest BCUT2D eigenvalue weighted by Crippen LogP contribution is -2.15. The van der Waals surface area contributed by atoms with Crippen molar-refractivity contribution in [2.24, 2.45) is 0 Å². The van der Waals surface area contributed by atoms with E-state index < -0.39 is 0 Å². The van der Waals surface area contributed by atoms with Gasteiger partial charge in [0.1, 0.15) is 0 Å². The fourth-order valence-electron chi connectivity index (χ4n) is 1.67. The number of aromatic nitrogens is 4. The molecule has 0 radical (unpaired) electrons. The molecule has 1 saturated carbocycles. The minimum atomic E-state index is -0.134. The highest BCUT2D eigenvalue weighted by molar-refractivity contribution is 5.31. The summed E-state index contributed by atoms with van der Waals surface area (Å²) in [4.78, 5) is 20.2. The molecule has 0 unspecified atom stereocenters. The maximum atomic E-state index is 11.7. The van der Waals surface area contributed by atoms with Crippen LogP contribution in [0.15, 0.2) is 10.9 Å². The van der Waals surface area contributed by atoms with E-state index in [1.807, 2.05) is 6.92 Å². The fourth-order valence-corrected chi connectivity index (χ4v) is 1.67. The second kappa shape index (κ2) is 3.33. The molecule has 0 bridgehead atoms. The number of hydrogen-bond acceptors (Lipinski definition) is 4. The predicted octanol–water partition coefficient (Wildman–Crippen LogP) is 0.694. The number of hydrogen-bond donors (Lipinski definition) is 1. The highest BCUT2D eigenvalue weighted by atomic mass is 16.5. The normalized spacial score (nSPS) is 15.6. The SMILES string of the molecule is CCOc1nc2nc(C3CC3)cc(=O)n2[nH]1. The van der Waals surface area contributed by atoms with Gasteiger partial charge in [-0.2, -0.15) is 9.50 Å². The standard InChI is InChI=1S/C10H12N4O2/c1-2-16-10-12-9-11-7(6-3-4-6)5-8(15)14(9)13-10/h5-6H,2-4H2,1H3,(H,11,12,13). The summed E-state index contributed by atoms with van der Waals surface area (Å²) >= 11 is 0. The molecule has 1 aliphatic carbocycles. The van der Waals surface area contributed by atoms with Crippen LogP contribution in [0.5, 0.6) is 6.01 Å². The van der Waals surface area contributed by atoms with Gasteiger partial charge in [0, 0.05) is 12.0 Å². The molecule has 0 aromatic carbocycles. The van der Waals surface area contributed by atoms with Crippen LogP contribution in [-0.2, 0) is 0 Å². The lowest BCUT2D eigenvalue weighted by molar-refractivity contribution is 0.313. The Labute approximate surface area is 91.3 Å². The first kappa shape index (κ1) is 9.38. The highest BCUT2D eigenvalue weighted by Gasteiger charge is 2.26. The number of rotatable bonds is 3. The van der Waals surface area contributed by atoms with E-state index in [4.69, 9.17) is 4.74 Å². The summed E-state index contributed by atoms with van der Waals surface area (Å²) in [7, 11) is 0. The summed E-state index contributed by atoms with van der Waals surface area (Å²) < 4.78 is 6.50. The van der Waals surface area contributed by atoms with Crippen molar-refractivity contribution in [3.63, 3.8) is 0 Å². The van der Waals surface area contributed by atoms with Gasteiger partial charge >= 0.3 is 6.01 Å². The summed E-state index contributed by atoms with van der Waals surface area (Å²) in [6.07, 6.45) is 2.23. The zero-order chi connectivity index (χ0) is 11.1. The molecule has 6 nitrogen and oxygen atoms in total. The van der Waals surface area contributed by atoms with Crippen LogP contribution < -0.4 is 10.3 Å². The molecule has 6 heteroatoms. The van der Waals surface area contributed by atoms with Crippen LogP contribution in [0.2, 0.25) is 0 Å². The van der Waals surface area contributed by atoms with Gasteiger partial charge in [-0.3, -0.25) is 4.79 Å². The first-order chi connectivity index (χ1) is 7.78. The van der Waals surface area contributed by atoms with Gasteiger partial charge < -0.3 is 4.74 Å². The molecule has 0 amide bonds. The topological polar surface area (TPSA) is 72.3 Å². The summed E-state index contributed by atoms with van der Waals surface area (Å²) in [6.45, 7) is 2.36. The van der Waals surface area contributed by atoms with Crippen LogP contribution in [0.3, 0.4) is 0 Å². The second-order valence-corrected chi connectivity index (χ2v) is 3.89. The number of nitrogens with one attached hydrogen (secondary N) is 1. The molecule has 0 spiro atoms. The Morgan fingerprint density at radius 1 is 1.56 bits per heavy atom. The molecule has 3 rings (SSSR count). The van der Waals surface area contributed by atoms with E-state index in [0.29, 0.717) is 24.3 Å². The van der Waals surface area contributed by atoms with Crippen molar-refractivity contribution in [1.29, 1.82) is 0 Å². The molecule has 0 atom stereocenters. The first-order valence-electron chi connectivity index (χ1n) is 5.40. The van der Waals surface area contributed by atoms with Crippen LogP contribution in [0.1, 0.15) is 31.4 Å². The van der Waals surface area contributed by atoms with Crippen LogP contribution in [0, 0.1) is 0 Å². The smallest absolute Gasteiger partial charge is 0.312 e. The molecule has 1 aliphatic rings. The van der Waals surface area contributed by atoms with Crippen molar-refractivity contribution in [3.8, 4) is 6.01 Å². The number of nitrogens with zero attached hydrogens (tertiary/aromatic N) is 3. The molecule has 16 heavy (non-hydrogen) atoms. The number of ether oxygens (including phenoxy) is 1. The van der Waals surface area contributed by atoms with Crippen LogP contribution in [0.25, 0.3) is 5.78 Å². The van der Waals surface area contributed by atoms with Crippen molar-refractivity contribution in [1.82, 2.24) is 19.6 Å². The molecule has 2 aromatic heterocycles. The minimum absolute atomic E-state index is 0.134. The summed E-state index contributed by atoms with van der Waals surface area (Å²) in [5.41, 5.74) is 0.713. The van der Waals surface area contributed by atoms with Gasteiger partial charge in [0.15, 0.2) is 0 Å². The van der Waals surface area contributed by atoms with Gasteiger partial charge in [0.25, 0.3) is 11.3 Å². The summed E-state index contributed by atoms with van der Waals surface area (Å²) in [5.74, 6) is 0.836. The van der Waals surface area contributed by atoms with E-state index in [0.717, 1.165) is 18.5 Å². The Morgan fingerprint density at radius 3 is 3.06 bits per heavy atom. The number of fused-ring (bicyclic) bond motifs is 1. The number of H-pyrrole nitrogens is 1. The average Bonchev–Trinajstić information content (AvgIpc) is 3.01. The molecule has 1 fully saturated rings. The van der Waals surface area contributed by atoms with Gasteiger partial charge in [0.2, 0.25) is 0 Å². The lowest BCUT2D eigenvalue weighted by atomic mass is 10.3. The van der Waals surface area contributed by atoms with Crippen molar-refractivity contribution in [2.75, 3.05) is 6.61 Å². The highest BCUT2D eigenvalue weighted by Crippen LogP contribution is 2.38. The third-order valence-electron chi connectivity index (χ3n) is 2.61. The van der Waals surface area contributed by atoms with Crippen molar-refractivity contribution in [3.05, 3.63) is 22.1 Å². The van der Waals surface area contributed by atoms with Gasteiger partial charge in [-0.25, -0.2) is 10.1 Å². The van der Waals surface area contributed by atoms with Crippen LogP contribution in [0.4, 0.5) is 0 Å². The third-order valence-corrected chi connectivity index (χ3v) is 2.61. The molecular weight excluding hydrogens is 208 g/mol.